The molecule has 3 N–H and O–H groups in total. The number of aryl methyl sites for hydroxylation is 2. The summed E-state index contributed by atoms with van der Waals surface area (Å²) < 4.78 is 106. The molecule has 2 fully saturated rings. The Hall–Kier alpha value is -4.71. The quantitative estimate of drug-likeness (QED) is 0.0826. The minimum atomic E-state index is -4.13. The number of piperidine rings is 2. The summed E-state index contributed by atoms with van der Waals surface area (Å²) in [5, 5.41) is 22.4. The van der Waals surface area contributed by atoms with E-state index in [9.17, 15) is 43.9 Å². The van der Waals surface area contributed by atoms with Gasteiger partial charge in [0.2, 0.25) is 10.0 Å². The number of sulfonamides is 3. The van der Waals surface area contributed by atoms with E-state index < -0.39 is 45.2 Å². The van der Waals surface area contributed by atoms with Crippen LogP contribution in [0.2, 0.25) is 10.0 Å². The predicted octanol–water partition coefficient (Wildman–Crippen LogP) is 8.19. The molecule has 0 radical (unpaired) electrons. The second kappa shape index (κ2) is 25.7. The van der Waals surface area contributed by atoms with Crippen molar-refractivity contribution in [1.29, 1.82) is 0 Å². The van der Waals surface area contributed by atoms with Gasteiger partial charge in [0, 0.05) is 35.9 Å². The van der Waals surface area contributed by atoms with Crippen molar-refractivity contribution < 1.29 is 43.9 Å². The van der Waals surface area contributed by atoms with Crippen LogP contribution in [0.1, 0.15) is 62.0 Å². The van der Waals surface area contributed by atoms with E-state index in [1.807, 2.05) is 13.8 Å². The largest absolute Gasteiger partial charge is 0.390 e. The van der Waals surface area contributed by atoms with E-state index in [0.29, 0.717) is 30.0 Å². The van der Waals surface area contributed by atoms with Gasteiger partial charge in [-0.25, -0.2) is 52.2 Å². The molecule has 0 amide bonds. The fraction of sp³-hybridized carbons (Fsp3) is 0.320. The Morgan fingerprint density at radius 3 is 1.33 bits per heavy atom. The second-order valence-electron chi connectivity index (χ2n) is 16.8. The molecular formula is C50H57Cl3N6O10S4. The normalized spacial score (nSPS) is 15.1. The Kier molecular flexibility index (Phi) is 20.3. The first kappa shape index (κ1) is 57.6. The summed E-state index contributed by atoms with van der Waals surface area (Å²) in [5.74, 6) is 0.455. The van der Waals surface area contributed by atoms with Crippen molar-refractivity contribution in [3.05, 3.63) is 166 Å². The lowest BCUT2D eigenvalue weighted by Crippen LogP contribution is -2.49. The van der Waals surface area contributed by atoms with Crippen LogP contribution in [0.5, 0.6) is 0 Å². The maximum absolute atomic E-state index is 13.8. The summed E-state index contributed by atoms with van der Waals surface area (Å²) in [6, 6.07) is 35.0. The van der Waals surface area contributed by atoms with E-state index in [0.717, 1.165) is 37.1 Å². The predicted molar refractivity (Wildman–Crippen MR) is 285 cm³/mol. The molecule has 4 heterocycles. The molecule has 0 aliphatic carbocycles. The third-order valence-corrected chi connectivity index (χ3v) is 20.1. The van der Waals surface area contributed by atoms with E-state index in [1.165, 1.54) is 43.2 Å². The van der Waals surface area contributed by atoms with Crippen LogP contribution >= 0.6 is 33.9 Å². The molecule has 0 bridgehead atoms. The maximum atomic E-state index is 13.8. The van der Waals surface area contributed by atoms with Gasteiger partial charge < -0.3 is 15.5 Å². The van der Waals surface area contributed by atoms with Gasteiger partial charge in [0.1, 0.15) is 21.4 Å². The van der Waals surface area contributed by atoms with Gasteiger partial charge >= 0.3 is 0 Å². The number of hydrogen-bond acceptors (Lipinski definition) is 13. The van der Waals surface area contributed by atoms with Crippen molar-refractivity contribution in [2.45, 2.75) is 97.3 Å². The topological polar surface area (TPSA) is 225 Å². The van der Waals surface area contributed by atoms with Crippen LogP contribution in [0, 0.1) is 0 Å². The van der Waals surface area contributed by atoms with Gasteiger partial charge in [-0.05, 0) is 136 Å². The molecular weight excluding hydrogens is 1080 g/mol. The molecule has 6 aromatic rings. The van der Waals surface area contributed by atoms with Gasteiger partial charge in [-0.15, -0.1) is 0 Å². The first-order chi connectivity index (χ1) is 34.8. The number of anilines is 2. The Morgan fingerprint density at radius 2 is 0.945 bits per heavy atom. The van der Waals surface area contributed by atoms with Gasteiger partial charge in [-0.2, -0.15) is 4.31 Å². The zero-order chi connectivity index (χ0) is 53.0. The van der Waals surface area contributed by atoms with Gasteiger partial charge in [0.15, 0.2) is 0 Å². The molecule has 2 saturated heterocycles. The SMILES string of the molecule is CCc1ccc(S(=O)(=O)Cl)cc1.CCc1ccc(S(=O)(=O)N2CCC(N(c3cccc(CO)n3)S(=O)(=O)c3ccccc3Cl)CC2)cc1.O=S(=O)(c1ccccc1Cl)N(c1cccc(CO)n1)C1CCNCC1. The Morgan fingerprint density at radius 1 is 0.548 bits per heavy atom. The zero-order valence-electron chi connectivity index (χ0n) is 40.0. The Labute approximate surface area is 443 Å². The molecule has 2 aliphatic heterocycles. The van der Waals surface area contributed by atoms with Crippen LogP contribution < -0.4 is 13.9 Å². The molecule has 0 saturated carbocycles. The Bertz CT molecular complexity index is 3260. The minimum absolute atomic E-state index is 0.0612. The highest BCUT2D eigenvalue weighted by Crippen LogP contribution is 2.35. The lowest BCUT2D eigenvalue weighted by molar-refractivity contribution is 0.276. The fourth-order valence-electron chi connectivity index (χ4n) is 8.18. The van der Waals surface area contributed by atoms with Crippen molar-refractivity contribution in [2.75, 3.05) is 34.8 Å². The highest BCUT2D eigenvalue weighted by Gasteiger charge is 2.39. The molecule has 73 heavy (non-hydrogen) atoms. The van der Waals surface area contributed by atoms with Gasteiger partial charge in [0.25, 0.3) is 29.1 Å². The number of aliphatic hydroxyl groups is 2. The average molecular weight is 1140 g/mol. The number of aromatic nitrogens is 2. The van der Waals surface area contributed by atoms with E-state index in [1.54, 1.807) is 103 Å². The molecule has 0 atom stereocenters. The fourth-order valence-corrected chi connectivity index (χ4v) is 14.7. The van der Waals surface area contributed by atoms with E-state index in [4.69, 9.17) is 33.9 Å². The summed E-state index contributed by atoms with van der Waals surface area (Å²) in [5.41, 5.74) is 2.89. The lowest BCUT2D eigenvalue weighted by atomic mass is 10.1. The van der Waals surface area contributed by atoms with Crippen LogP contribution in [-0.4, -0.2) is 96.4 Å². The van der Waals surface area contributed by atoms with Crippen LogP contribution in [0.15, 0.2) is 153 Å². The molecule has 4 aromatic carbocycles. The maximum Gasteiger partial charge on any atom is 0.267 e. The van der Waals surface area contributed by atoms with Gasteiger partial charge in [-0.3, -0.25) is 0 Å². The molecule has 0 spiro atoms. The number of nitrogens with one attached hydrogen (secondary N) is 1. The number of rotatable bonds is 15. The summed E-state index contributed by atoms with van der Waals surface area (Å²) >= 11 is 12.4. The van der Waals surface area contributed by atoms with Crippen molar-refractivity contribution in [2.24, 2.45) is 0 Å². The first-order valence-corrected chi connectivity index (χ1v) is 30.7. The molecule has 23 heteroatoms. The van der Waals surface area contributed by atoms with Crippen molar-refractivity contribution in [3.8, 4) is 0 Å². The van der Waals surface area contributed by atoms with Crippen molar-refractivity contribution in [1.82, 2.24) is 19.6 Å². The standard InChI is InChI=1S/C25H28ClN3O5S2.C17H20ClN3O3S.C8H9ClO2S/c1-2-19-10-12-22(13-11-19)35(31,32)28-16-14-21(15-17-28)29(25-9-5-6-20(18-30)27-25)36(33,34)24-8-4-3-7-23(24)26;18-15-5-1-2-6-16(15)25(23,24)21(14-8-10-19-11-9-14)17-7-3-4-13(12-22)20-17;1-2-7-3-5-8(6-4-7)12(9,10)11/h3-13,21,30H,2,14-18H2,1H3;1-7,14,19,22H,8-12H2;3-6H,2H2,1H3. The number of benzene rings is 4. The second-order valence-corrected chi connectivity index (χ2v) is 25.7. The summed E-state index contributed by atoms with van der Waals surface area (Å²) in [7, 11) is -10.2. The van der Waals surface area contributed by atoms with Crippen LogP contribution in [0.25, 0.3) is 0 Å². The number of aliphatic hydroxyl groups excluding tert-OH is 2. The monoisotopic (exact) mass is 1130 g/mol. The van der Waals surface area contributed by atoms with Crippen LogP contribution in [0.4, 0.5) is 11.6 Å². The molecule has 0 unspecified atom stereocenters. The smallest absolute Gasteiger partial charge is 0.267 e. The third kappa shape index (κ3) is 14.4. The molecule has 392 valence electrons. The number of hydrogen-bond donors (Lipinski definition) is 3. The highest BCUT2D eigenvalue weighted by atomic mass is 35.7. The van der Waals surface area contributed by atoms with Crippen molar-refractivity contribution in [3.63, 3.8) is 0 Å². The van der Waals surface area contributed by atoms with Gasteiger partial charge in [-0.1, -0.05) is 97.7 Å². The summed E-state index contributed by atoms with van der Waals surface area (Å²) in [6.45, 7) is 5.18. The van der Waals surface area contributed by atoms with E-state index in [-0.39, 0.29) is 80.6 Å². The van der Waals surface area contributed by atoms with Crippen LogP contribution in [0.3, 0.4) is 0 Å². The number of halogens is 3. The lowest BCUT2D eigenvalue weighted by Gasteiger charge is -2.38. The van der Waals surface area contributed by atoms with Crippen LogP contribution in [-0.2, 0) is 65.2 Å². The van der Waals surface area contributed by atoms with Gasteiger partial charge in [0.05, 0.1) is 44.4 Å². The molecule has 8 rings (SSSR count). The van der Waals surface area contributed by atoms with Crippen molar-refractivity contribution >= 4 is 84.6 Å². The number of pyridine rings is 2. The summed E-state index contributed by atoms with van der Waals surface area (Å²) in [4.78, 5) is 9.04. The van der Waals surface area contributed by atoms with E-state index in [2.05, 4.69) is 15.3 Å². The third-order valence-electron chi connectivity index (χ3n) is 12.1. The Balaban J connectivity index is 0.000000202. The number of nitrogens with zero attached hydrogens (tertiary/aromatic N) is 5. The minimum Gasteiger partial charge on any atom is -0.390 e. The molecule has 16 nitrogen and oxygen atoms in total. The zero-order valence-corrected chi connectivity index (χ0v) is 45.5. The highest BCUT2D eigenvalue weighted by molar-refractivity contribution is 8.13. The average Bonchev–Trinajstić information content (AvgIpc) is 3.39. The summed E-state index contributed by atoms with van der Waals surface area (Å²) in [6.07, 6.45) is 3.58. The first-order valence-electron chi connectivity index (χ1n) is 23.3. The molecule has 2 aliphatic rings. The molecule has 2 aromatic heterocycles. The van der Waals surface area contributed by atoms with E-state index >= 15 is 0 Å².